The van der Waals surface area contributed by atoms with Crippen molar-refractivity contribution in [1.29, 1.82) is 0 Å². The molecule has 0 aromatic carbocycles. The molecule has 0 bridgehead atoms. The van der Waals surface area contributed by atoms with E-state index in [-0.39, 0.29) is 6.61 Å². The first-order valence-corrected chi connectivity index (χ1v) is 4.80. The van der Waals surface area contributed by atoms with Crippen LogP contribution in [-0.2, 0) is 0 Å². The zero-order chi connectivity index (χ0) is 8.60. The van der Waals surface area contributed by atoms with Gasteiger partial charge in [-0.25, -0.2) is 0 Å². The molecule has 2 aliphatic rings. The van der Waals surface area contributed by atoms with Crippen molar-refractivity contribution in [2.45, 2.75) is 18.9 Å². The van der Waals surface area contributed by atoms with E-state index in [1.165, 1.54) is 19.4 Å². The number of likely N-dealkylation sites (N-methyl/N-ethyl adjacent to an activating group) is 1. The fourth-order valence-corrected chi connectivity index (χ4v) is 2.40. The van der Waals surface area contributed by atoms with Crippen molar-refractivity contribution < 1.29 is 5.11 Å². The van der Waals surface area contributed by atoms with Gasteiger partial charge in [0.1, 0.15) is 0 Å². The molecule has 1 saturated heterocycles. The molecule has 70 valence electrons. The summed E-state index contributed by atoms with van der Waals surface area (Å²) in [6, 6.07) is 0.634. The van der Waals surface area contributed by atoms with Crippen molar-refractivity contribution in [3.05, 3.63) is 0 Å². The highest BCUT2D eigenvalue weighted by molar-refractivity contribution is 5.08. The van der Waals surface area contributed by atoms with Crippen LogP contribution in [0, 0.1) is 5.41 Å². The van der Waals surface area contributed by atoms with Crippen molar-refractivity contribution in [1.82, 2.24) is 10.2 Å². The molecule has 3 heteroatoms. The number of nitrogens with one attached hydrogen (secondary N) is 1. The molecule has 1 atom stereocenters. The van der Waals surface area contributed by atoms with Gasteiger partial charge < -0.3 is 15.3 Å². The standard InChI is InChI=1S/C9H18N2O/c1-11-6-8(10-4-5-12)9(7-11)2-3-9/h8,10,12H,2-7H2,1H3/t8-/m0/s1. The Labute approximate surface area is 73.8 Å². The van der Waals surface area contributed by atoms with Gasteiger partial charge in [-0.3, -0.25) is 0 Å². The molecule has 1 heterocycles. The molecular formula is C9H18N2O. The summed E-state index contributed by atoms with van der Waals surface area (Å²) in [5, 5.41) is 12.1. The lowest BCUT2D eigenvalue weighted by molar-refractivity contribution is 0.275. The molecule has 0 radical (unpaired) electrons. The number of likely N-dealkylation sites (tertiary alicyclic amines) is 1. The summed E-state index contributed by atoms with van der Waals surface area (Å²) in [4.78, 5) is 2.39. The molecule has 1 saturated carbocycles. The molecule has 0 amide bonds. The summed E-state index contributed by atoms with van der Waals surface area (Å²) in [5.74, 6) is 0. The van der Waals surface area contributed by atoms with Crippen LogP contribution >= 0.6 is 0 Å². The molecule has 0 unspecified atom stereocenters. The number of hydrogen-bond donors (Lipinski definition) is 2. The lowest BCUT2D eigenvalue weighted by Crippen LogP contribution is -2.38. The van der Waals surface area contributed by atoms with E-state index >= 15 is 0 Å². The molecule has 1 aliphatic carbocycles. The zero-order valence-electron chi connectivity index (χ0n) is 7.71. The van der Waals surface area contributed by atoms with E-state index in [0.717, 1.165) is 13.1 Å². The molecule has 12 heavy (non-hydrogen) atoms. The molecule has 0 aromatic rings. The smallest absolute Gasteiger partial charge is 0.0556 e. The second-order valence-corrected chi connectivity index (χ2v) is 4.29. The van der Waals surface area contributed by atoms with E-state index < -0.39 is 0 Å². The Balaban J connectivity index is 1.88. The van der Waals surface area contributed by atoms with Crippen molar-refractivity contribution in [3.8, 4) is 0 Å². The van der Waals surface area contributed by atoms with Gasteiger partial charge in [0.05, 0.1) is 6.61 Å². The van der Waals surface area contributed by atoms with Crippen LogP contribution in [0.25, 0.3) is 0 Å². The third-order valence-electron chi connectivity index (χ3n) is 3.21. The minimum atomic E-state index is 0.260. The van der Waals surface area contributed by atoms with Gasteiger partial charge in [0.25, 0.3) is 0 Å². The number of nitrogens with zero attached hydrogens (tertiary/aromatic N) is 1. The predicted octanol–water partition coefficient (Wildman–Crippen LogP) is -0.338. The van der Waals surface area contributed by atoms with Gasteiger partial charge in [-0.15, -0.1) is 0 Å². The highest BCUT2D eigenvalue weighted by Crippen LogP contribution is 2.52. The summed E-state index contributed by atoms with van der Waals surface area (Å²) in [5.41, 5.74) is 0.587. The fraction of sp³-hybridized carbons (Fsp3) is 1.00. The number of aliphatic hydroxyl groups excluding tert-OH is 1. The van der Waals surface area contributed by atoms with Crippen molar-refractivity contribution in [2.75, 3.05) is 33.3 Å². The molecule has 2 fully saturated rings. The third-order valence-corrected chi connectivity index (χ3v) is 3.21. The van der Waals surface area contributed by atoms with Gasteiger partial charge in [0.2, 0.25) is 0 Å². The quantitative estimate of drug-likeness (QED) is 0.608. The second kappa shape index (κ2) is 2.98. The summed E-state index contributed by atoms with van der Waals surface area (Å²) >= 11 is 0. The van der Waals surface area contributed by atoms with Gasteiger partial charge in [0.15, 0.2) is 0 Å². The van der Waals surface area contributed by atoms with Crippen LogP contribution in [0.4, 0.5) is 0 Å². The maximum atomic E-state index is 8.71. The first kappa shape index (κ1) is 8.48. The number of rotatable bonds is 3. The largest absolute Gasteiger partial charge is 0.395 e. The van der Waals surface area contributed by atoms with Crippen molar-refractivity contribution >= 4 is 0 Å². The average Bonchev–Trinajstić information content (AvgIpc) is 2.70. The minimum absolute atomic E-state index is 0.260. The van der Waals surface area contributed by atoms with E-state index in [4.69, 9.17) is 5.11 Å². The van der Waals surface area contributed by atoms with E-state index in [2.05, 4.69) is 17.3 Å². The number of hydrogen-bond acceptors (Lipinski definition) is 3. The molecule has 2 N–H and O–H groups in total. The van der Waals surface area contributed by atoms with Gasteiger partial charge in [-0.2, -0.15) is 0 Å². The monoisotopic (exact) mass is 170 g/mol. The molecule has 1 aliphatic heterocycles. The van der Waals surface area contributed by atoms with E-state index in [0.29, 0.717) is 11.5 Å². The maximum Gasteiger partial charge on any atom is 0.0556 e. The summed E-state index contributed by atoms with van der Waals surface area (Å²) < 4.78 is 0. The fourth-order valence-electron chi connectivity index (χ4n) is 2.40. The SMILES string of the molecule is CN1C[C@H](NCCO)C2(CC2)C1. The van der Waals surface area contributed by atoms with Crippen LogP contribution in [0.5, 0.6) is 0 Å². The Morgan fingerprint density at radius 1 is 1.58 bits per heavy atom. The van der Waals surface area contributed by atoms with Crippen LogP contribution in [0.2, 0.25) is 0 Å². The molecule has 0 aromatic heterocycles. The van der Waals surface area contributed by atoms with E-state index in [1.807, 2.05) is 0 Å². The summed E-state index contributed by atoms with van der Waals surface area (Å²) in [7, 11) is 2.18. The van der Waals surface area contributed by atoms with Gasteiger partial charge >= 0.3 is 0 Å². The van der Waals surface area contributed by atoms with Crippen LogP contribution in [-0.4, -0.2) is 49.3 Å². The van der Waals surface area contributed by atoms with Crippen molar-refractivity contribution in [2.24, 2.45) is 5.41 Å². The average molecular weight is 170 g/mol. The Morgan fingerprint density at radius 2 is 2.33 bits per heavy atom. The van der Waals surface area contributed by atoms with Crippen molar-refractivity contribution in [3.63, 3.8) is 0 Å². The lowest BCUT2D eigenvalue weighted by atomic mass is 10.0. The van der Waals surface area contributed by atoms with Gasteiger partial charge in [-0.05, 0) is 25.3 Å². The Morgan fingerprint density at radius 3 is 2.92 bits per heavy atom. The van der Waals surface area contributed by atoms with E-state index in [1.54, 1.807) is 0 Å². The highest BCUT2D eigenvalue weighted by Gasteiger charge is 2.53. The van der Waals surface area contributed by atoms with Gasteiger partial charge in [0, 0.05) is 25.7 Å². The van der Waals surface area contributed by atoms with Gasteiger partial charge in [-0.1, -0.05) is 0 Å². The zero-order valence-corrected chi connectivity index (χ0v) is 7.71. The Bertz CT molecular complexity index is 168. The van der Waals surface area contributed by atoms with Crippen LogP contribution in [0.3, 0.4) is 0 Å². The van der Waals surface area contributed by atoms with E-state index in [9.17, 15) is 0 Å². The van der Waals surface area contributed by atoms with Crippen LogP contribution in [0.1, 0.15) is 12.8 Å². The highest BCUT2D eigenvalue weighted by atomic mass is 16.3. The lowest BCUT2D eigenvalue weighted by Gasteiger charge is -2.17. The van der Waals surface area contributed by atoms with Crippen LogP contribution in [0.15, 0.2) is 0 Å². The maximum absolute atomic E-state index is 8.71. The summed E-state index contributed by atoms with van der Waals surface area (Å²) in [6.45, 7) is 3.41. The minimum Gasteiger partial charge on any atom is -0.395 e. The summed E-state index contributed by atoms with van der Waals surface area (Å²) in [6.07, 6.45) is 2.75. The van der Waals surface area contributed by atoms with Crippen LogP contribution < -0.4 is 5.32 Å². The molecule has 1 spiro atoms. The molecular weight excluding hydrogens is 152 g/mol. The number of aliphatic hydroxyl groups is 1. The molecule has 2 rings (SSSR count). The molecule has 3 nitrogen and oxygen atoms in total. The Kier molecular flexibility index (Phi) is 2.10. The predicted molar refractivity (Wildman–Crippen MR) is 48.0 cm³/mol. The second-order valence-electron chi connectivity index (χ2n) is 4.29. The Hall–Kier alpha value is -0.120. The topological polar surface area (TPSA) is 35.5 Å². The first-order chi connectivity index (χ1) is 5.77. The third kappa shape index (κ3) is 1.37. The first-order valence-electron chi connectivity index (χ1n) is 4.80. The normalized spacial score (nSPS) is 33.0.